The van der Waals surface area contributed by atoms with Crippen LogP contribution in [-0.2, 0) is 11.2 Å². The van der Waals surface area contributed by atoms with Gasteiger partial charge in [-0.3, -0.25) is 4.90 Å². The Bertz CT molecular complexity index is 448. The molecule has 0 aromatic heterocycles. The van der Waals surface area contributed by atoms with Crippen molar-refractivity contribution in [3.8, 4) is 0 Å². The van der Waals surface area contributed by atoms with Crippen molar-refractivity contribution in [1.82, 2.24) is 10.2 Å². The molecule has 1 aromatic carbocycles. The highest BCUT2D eigenvalue weighted by Gasteiger charge is 2.35. The topological polar surface area (TPSA) is 24.5 Å². The smallest absolute Gasteiger partial charge is 0.0858 e. The Labute approximate surface area is 122 Å². The maximum Gasteiger partial charge on any atom is 0.0858 e. The minimum atomic E-state index is 0.315. The first kappa shape index (κ1) is 14.1. The van der Waals surface area contributed by atoms with Crippen molar-refractivity contribution in [2.75, 3.05) is 26.7 Å². The van der Waals surface area contributed by atoms with E-state index in [1.54, 1.807) is 0 Å². The summed E-state index contributed by atoms with van der Waals surface area (Å²) in [6, 6.07) is 9.89. The molecule has 3 rings (SSSR count). The number of rotatable bonds is 4. The summed E-state index contributed by atoms with van der Waals surface area (Å²) in [6.45, 7) is 5.41. The fraction of sp³-hybridized carbons (Fsp3) is 0.647. The summed E-state index contributed by atoms with van der Waals surface area (Å²) < 4.78 is 6.14. The van der Waals surface area contributed by atoms with Gasteiger partial charge in [0.2, 0.25) is 0 Å². The van der Waals surface area contributed by atoms with E-state index in [0.717, 1.165) is 19.6 Å². The van der Waals surface area contributed by atoms with Gasteiger partial charge in [0, 0.05) is 18.6 Å². The Morgan fingerprint density at radius 3 is 3.15 bits per heavy atom. The monoisotopic (exact) mass is 274 g/mol. The number of hydrogen-bond donors (Lipinski definition) is 1. The minimum Gasteiger partial charge on any atom is -0.374 e. The third-order valence-corrected chi connectivity index (χ3v) is 4.77. The van der Waals surface area contributed by atoms with Crippen LogP contribution in [0.2, 0.25) is 0 Å². The molecule has 0 spiro atoms. The van der Waals surface area contributed by atoms with Crippen LogP contribution in [0.15, 0.2) is 24.3 Å². The van der Waals surface area contributed by atoms with Crippen LogP contribution in [0.4, 0.5) is 0 Å². The van der Waals surface area contributed by atoms with Crippen LogP contribution in [0.1, 0.15) is 24.0 Å². The first-order valence-corrected chi connectivity index (χ1v) is 7.84. The molecule has 110 valence electrons. The third kappa shape index (κ3) is 3.05. The Morgan fingerprint density at radius 1 is 1.45 bits per heavy atom. The Kier molecular flexibility index (Phi) is 4.39. The number of nitrogens with one attached hydrogen (secondary N) is 1. The zero-order chi connectivity index (χ0) is 13.9. The van der Waals surface area contributed by atoms with Crippen LogP contribution >= 0.6 is 0 Å². The average molecular weight is 274 g/mol. The van der Waals surface area contributed by atoms with Gasteiger partial charge in [-0.2, -0.15) is 0 Å². The van der Waals surface area contributed by atoms with Crippen LogP contribution in [0.5, 0.6) is 0 Å². The SMILES string of the molecule is CNC(Cc1cccc(C)c1)C1CN2CCCC2CO1. The molecule has 0 radical (unpaired) electrons. The highest BCUT2D eigenvalue weighted by molar-refractivity contribution is 5.23. The Balaban J connectivity index is 1.64. The van der Waals surface area contributed by atoms with Crippen molar-refractivity contribution in [3.63, 3.8) is 0 Å². The van der Waals surface area contributed by atoms with Gasteiger partial charge in [-0.05, 0) is 45.3 Å². The van der Waals surface area contributed by atoms with Gasteiger partial charge in [0.25, 0.3) is 0 Å². The lowest BCUT2D eigenvalue weighted by Crippen LogP contribution is -2.54. The van der Waals surface area contributed by atoms with Gasteiger partial charge in [-0.25, -0.2) is 0 Å². The molecule has 0 amide bonds. The molecule has 0 aliphatic carbocycles. The van der Waals surface area contributed by atoms with Gasteiger partial charge in [-0.15, -0.1) is 0 Å². The van der Waals surface area contributed by atoms with Gasteiger partial charge in [0.1, 0.15) is 0 Å². The zero-order valence-electron chi connectivity index (χ0n) is 12.6. The van der Waals surface area contributed by atoms with Crippen LogP contribution in [0.3, 0.4) is 0 Å². The Morgan fingerprint density at radius 2 is 2.35 bits per heavy atom. The van der Waals surface area contributed by atoms with Crippen LogP contribution in [0, 0.1) is 6.92 Å². The second-order valence-corrected chi connectivity index (χ2v) is 6.25. The molecule has 0 bridgehead atoms. The van der Waals surface area contributed by atoms with E-state index in [0.29, 0.717) is 18.2 Å². The molecule has 3 heteroatoms. The number of likely N-dealkylation sites (N-methyl/N-ethyl adjacent to an activating group) is 1. The third-order valence-electron chi connectivity index (χ3n) is 4.77. The molecule has 3 nitrogen and oxygen atoms in total. The van der Waals surface area contributed by atoms with E-state index in [2.05, 4.69) is 48.5 Å². The fourth-order valence-corrected chi connectivity index (χ4v) is 3.60. The molecule has 1 aromatic rings. The lowest BCUT2D eigenvalue weighted by atomic mass is 9.98. The maximum absolute atomic E-state index is 6.14. The van der Waals surface area contributed by atoms with Gasteiger partial charge >= 0.3 is 0 Å². The standard InChI is InChI=1S/C17H26N2O/c1-13-5-3-6-14(9-13)10-16(18-2)17-11-19-8-4-7-15(19)12-20-17/h3,5-6,9,15-18H,4,7-8,10-12H2,1-2H3. The minimum absolute atomic E-state index is 0.315. The highest BCUT2D eigenvalue weighted by Crippen LogP contribution is 2.24. The molecule has 2 saturated heterocycles. The Hall–Kier alpha value is -0.900. The van der Waals surface area contributed by atoms with Gasteiger partial charge in [-0.1, -0.05) is 29.8 Å². The fourth-order valence-electron chi connectivity index (χ4n) is 3.60. The van der Waals surface area contributed by atoms with E-state index in [-0.39, 0.29) is 0 Å². The average Bonchev–Trinajstić information content (AvgIpc) is 2.92. The second-order valence-electron chi connectivity index (χ2n) is 6.25. The molecule has 2 aliphatic rings. The van der Waals surface area contributed by atoms with Crippen molar-refractivity contribution < 1.29 is 4.74 Å². The summed E-state index contributed by atoms with van der Waals surface area (Å²) in [5, 5.41) is 3.47. The van der Waals surface area contributed by atoms with Crippen LogP contribution in [0.25, 0.3) is 0 Å². The van der Waals surface area contributed by atoms with Crippen molar-refractivity contribution in [2.24, 2.45) is 0 Å². The summed E-state index contributed by atoms with van der Waals surface area (Å²) in [4.78, 5) is 2.62. The quantitative estimate of drug-likeness (QED) is 0.909. The maximum atomic E-state index is 6.14. The van der Waals surface area contributed by atoms with Crippen molar-refractivity contribution in [3.05, 3.63) is 35.4 Å². The highest BCUT2D eigenvalue weighted by atomic mass is 16.5. The summed E-state index contributed by atoms with van der Waals surface area (Å²) in [5.74, 6) is 0. The lowest BCUT2D eigenvalue weighted by molar-refractivity contribution is -0.0634. The van der Waals surface area contributed by atoms with E-state index in [1.165, 1.54) is 30.5 Å². The first-order valence-electron chi connectivity index (χ1n) is 7.84. The van der Waals surface area contributed by atoms with E-state index < -0.39 is 0 Å². The summed E-state index contributed by atoms with van der Waals surface area (Å²) >= 11 is 0. The van der Waals surface area contributed by atoms with E-state index >= 15 is 0 Å². The normalized spacial score (nSPS) is 28.3. The van der Waals surface area contributed by atoms with Crippen LogP contribution < -0.4 is 5.32 Å². The molecular weight excluding hydrogens is 248 g/mol. The number of morpholine rings is 1. The van der Waals surface area contributed by atoms with Gasteiger partial charge in [0.15, 0.2) is 0 Å². The number of ether oxygens (including phenoxy) is 1. The number of fused-ring (bicyclic) bond motifs is 1. The van der Waals surface area contributed by atoms with E-state index in [4.69, 9.17) is 4.74 Å². The molecule has 2 aliphatic heterocycles. The van der Waals surface area contributed by atoms with Crippen molar-refractivity contribution in [1.29, 1.82) is 0 Å². The molecule has 2 heterocycles. The molecule has 20 heavy (non-hydrogen) atoms. The predicted molar refractivity (Wildman–Crippen MR) is 82.1 cm³/mol. The molecule has 2 fully saturated rings. The van der Waals surface area contributed by atoms with Gasteiger partial charge < -0.3 is 10.1 Å². The number of nitrogens with zero attached hydrogens (tertiary/aromatic N) is 1. The van der Waals surface area contributed by atoms with E-state index in [1.807, 2.05) is 0 Å². The number of aryl methyl sites for hydroxylation is 1. The number of benzene rings is 1. The second kappa shape index (κ2) is 6.25. The predicted octanol–water partition coefficient (Wildman–Crippen LogP) is 1.99. The number of hydrogen-bond acceptors (Lipinski definition) is 3. The largest absolute Gasteiger partial charge is 0.374 e. The zero-order valence-corrected chi connectivity index (χ0v) is 12.6. The summed E-state index contributed by atoms with van der Waals surface area (Å²) in [6.07, 6.45) is 4.01. The summed E-state index contributed by atoms with van der Waals surface area (Å²) in [5.41, 5.74) is 2.73. The van der Waals surface area contributed by atoms with Crippen molar-refractivity contribution in [2.45, 2.75) is 44.4 Å². The lowest BCUT2D eigenvalue weighted by Gasteiger charge is -2.39. The molecular formula is C17H26N2O. The first-order chi connectivity index (χ1) is 9.76. The van der Waals surface area contributed by atoms with Gasteiger partial charge in [0.05, 0.1) is 12.7 Å². The van der Waals surface area contributed by atoms with Crippen LogP contribution in [-0.4, -0.2) is 49.8 Å². The molecule has 3 unspecified atom stereocenters. The molecule has 3 atom stereocenters. The van der Waals surface area contributed by atoms with E-state index in [9.17, 15) is 0 Å². The molecule has 0 saturated carbocycles. The van der Waals surface area contributed by atoms with Crippen molar-refractivity contribution >= 4 is 0 Å². The summed E-state index contributed by atoms with van der Waals surface area (Å²) in [7, 11) is 2.06. The molecule has 1 N–H and O–H groups in total.